The molecule has 0 saturated carbocycles. The summed E-state index contributed by atoms with van der Waals surface area (Å²) in [6.07, 6.45) is 0.252. The van der Waals surface area contributed by atoms with E-state index in [4.69, 9.17) is 14.9 Å². The first-order chi connectivity index (χ1) is 13.5. The summed E-state index contributed by atoms with van der Waals surface area (Å²) in [5, 5.41) is 9.90. The molecule has 2 N–H and O–H groups in total. The summed E-state index contributed by atoms with van der Waals surface area (Å²) >= 11 is 0. The van der Waals surface area contributed by atoms with E-state index in [0.717, 1.165) is 5.56 Å². The first-order valence-electron chi connectivity index (χ1n) is 8.69. The molecule has 6 heteroatoms. The average molecular weight is 372 g/mol. The predicted octanol–water partition coefficient (Wildman–Crippen LogP) is 3.37. The number of ether oxygens (including phenoxy) is 1. The standard InChI is InChI=1S/C22H16N2O4/c1-12-6-8-13(9-7-12)19(25)18-15(10-23)22(24)28-21(18)16-11-27-17-5-3-2-4-14(17)20(16)26/h2-9,11,18,21H,24H2,1H3/t18-,21+/m0/s1. The van der Waals surface area contributed by atoms with Crippen molar-refractivity contribution >= 4 is 16.8 Å². The van der Waals surface area contributed by atoms with Crippen LogP contribution in [-0.2, 0) is 4.74 Å². The summed E-state index contributed by atoms with van der Waals surface area (Å²) in [5.41, 5.74) is 7.55. The first-order valence-corrected chi connectivity index (χ1v) is 8.69. The Bertz CT molecular complexity index is 1220. The van der Waals surface area contributed by atoms with Gasteiger partial charge in [-0.1, -0.05) is 42.0 Å². The van der Waals surface area contributed by atoms with E-state index in [0.29, 0.717) is 16.5 Å². The minimum atomic E-state index is -1.02. The first kappa shape index (κ1) is 17.6. The van der Waals surface area contributed by atoms with Gasteiger partial charge in [0, 0.05) is 5.56 Å². The maximum atomic E-state index is 13.2. The number of ketones is 1. The molecule has 2 atom stereocenters. The Morgan fingerprint density at radius 2 is 1.86 bits per heavy atom. The van der Waals surface area contributed by atoms with Gasteiger partial charge in [-0.3, -0.25) is 9.59 Å². The van der Waals surface area contributed by atoms with Crippen LogP contribution in [0.3, 0.4) is 0 Å². The number of hydrogen-bond donors (Lipinski definition) is 1. The number of Topliss-reactive ketones (excluding diaryl/α,β-unsaturated/α-hetero) is 1. The highest BCUT2D eigenvalue weighted by Gasteiger charge is 2.44. The van der Waals surface area contributed by atoms with Crippen molar-refractivity contribution in [3.8, 4) is 6.07 Å². The van der Waals surface area contributed by atoms with E-state index < -0.39 is 12.0 Å². The van der Waals surface area contributed by atoms with Gasteiger partial charge in [-0.25, -0.2) is 0 Å². The molecule has 28 heavy (non-hydrogen) atoms. The third kappa shape index (κ3) is 2.74. The highest BCUT2D eigenvalue weighted by Crippen LogP contribution is 2.40. The Labute approximate surface area is 160 Å². The van der Waals surface area contributed by atoms with Crippen LogP contribution in [0.1, 0.15) is 27.6 Å². The Morgan fingerprint density at radius 1 is 1.14 bits per heavy atom. The van der Waals surface area contributed by atoms with Crippen LogP contribution in [0.25, 0.3) is 11.0 Å². The van der Waals surface area contributed by atoms with E-state index in [-0.39, 0.29) is 28.2 Å². The summed E-state index contributed by atoms with van der Waals surface area (Å²) < 4.78 is 11.2. The summed E-state index contributed by atoms with van der Waals surface area (Å²) in [6, 6.07) is 15.7. The molecule has 6 nitrogen and oxygen atoms in total. The summed E-state index contributed by atoms with van der Waals surface area (Å²) in [4.78, 5) is 26.2. The molecular formula is C22H16N2O4. The number of nitrogens with two attached hydrogens (primary N) is 1. The number of benzene rings is 2. The molecule has 0 saturated heterocycles. The van der Waals surface area contributed by atoms with Crippen LogP contribution in [0.2, 0.25) is 0 Å². The van der Waals surface area contributed by atoms with Gasteiger partial charge in [0.05, 0.1) is 10.9 Å². The lowest BCUT2D eigenvalue weighted by Gasteiger charge is -2.18. The van der Waals surface area contributed by atoms with E-state index in [9.17, 15) is 14.9 Å². The molecule has 3 aromatic rings. The lowest BCUT2D eigenvalue weighted by molar-refractivity contribution is 0.0742. The fourth-order valence-corrected chi connectivity index (χ4v) is 3.40. The molecule has 138 valence electrons. The van der Waals surface area contributed by atoms with E-state index in [1.165, 1.54) is 6.26 Å². The molecular weight excluding hydrogens is 356 g/mol. The van der Waals surface area contributed by atoms with Crippen LogP contribution in [0, 0.1) is 24.2 Å². The lowest BCUT2D eigenvalue weighted by Crippen LogP contribution is -2.25. The molecule has 0 fully saturated rings. The Morgan fingerprint density at radius 3 is 2.57 bits per heavy atom. The number of carbonyl (C=O) groups is 1. The van der Waals surface area contributed by atoms with Crippen molar-refractivity contribution in [3.63, 3.8) is 0 Å². The average Bonchev–Trinajstić information content (AvgIpc) is 3.04. The second-order valence-electron chi connectivity index (χ2n) is 6.65. The quantitative estimate of drug-likeness (QED) is 0.707. The van der Waals surface area contributed by atoms with Gasteiger partial charge in [-0.2, -0.15) is 5.26 Å². The van der Waals surface area contributed by atoms with Crippen LogP contribution >= 0.6 is 0 Å². The number of rotatable bonds is 3. The minimum Gasteiger partial charge on any atom is -0.469 e. The van der Waals surface area contributed by atoms with Gasteiger partial charge in [0.25, 0.3) is 0 Å². The van der Waals surface area contributed by atoms with Crippen LogP contribution in [0.15, 0.2) is 75.5 Å². The zero-order valence-electron chi connectivity index (χ0n) is 15.0. The number of carbonyl (C=O) groups excluding carboxylic acids is 1. The second kappa shape index (κ2) is 6.71. The fourth-order valence-electron chi connectivity index (χ4n) is 3.40. The highest BCUT2D eigenvalue weighted by atomic mass is 16.5. The molecule has 0 bridgehead atoms. The summed E-state index contributed by atoms with van der Waals surface area (Å²) in [5.74, 6) is -1.50. The van der Waals surface area contributed by atoms with Crippen molar-refractivity contribution in [3.05, 3.63) is 93.2 Å². The maximum Gasteiger partial charge on any atom is 0.199 e. The lowest BCUT2D eigenvalue weighted by atomic mass is 9.85. The van der Waals surface area contributed by atoms with Crippen molar-refractivity contribution in [2.24, 2.45) is 11.7 Å². The van der Waals surface area contributed by atoms with Gasteiger partial charge < -0.3 is 14.9 Å². The normalized spacial score (nSPS) is 18.7. The van der Waals surface area contributed by atoms with Crippen LogP contribution < -0.4 is 11.2 Å². The molecule has 1 aliphatic heterocycles. The molecule has 0 aliphatic carbocycles. The molecule has 0 amide bonds. The molecule has 4 rings (SSSR count). The molecule has 0 radical (unpaired) electrons. The van der Waals surface area contributed by atoms with Crippen molar-refractivity contribution in [1.29, 1.82) is 5.26 Å². The number of hydrogen-bond acceptors (Lipinski definition) is 6. The molecule has 2 heterocycles. The van der Waals surface area contributed by atoms with Crippen LogP contribution in [0.4, 0.5) is 0 Å². The van der Waals surface area contributed by atoms with Gasteiger partial charge >= 0.3 is 0 Å². The van der Waals surface area contributed by atoms with Gasteiger partial charge in [-0.15, -0.1) is 0 Å². The predicted molar refractivity (Wildman–Crippen MR) is 102 cm³/mol. The van der Waals surface area contributed by atoms with Crippen molar-refractivity contribution in [2.45, 2.75) is 13.0 Å². The Hall–Kier alpha value is -3.85. The third-order valence-electron chi connectivity index (χ3n) is 4.89. The van der Waals surface area contributed by atoms with Gasteiger partial charge in [-0.05, 0) is 19.1 Å². The zero-order valence-corrected chi connectivity index (χ0v) is 15.0. The topological polar surface area (TPSA) is 106 Å². The number of fused-ring (bicyclic) bond motifs is 1. The van der Waals surface area contributed by atoms with E-state index in [2.05, 4.69) is 0 Å². The number of nitrogens with zero attached hydrogens (tertiary/aromatic N) is 1. The van der Waals surface area contributed by atoms with E-state index in [1.807, 2.05) is 25.1 Å². The fraction of sp³-hybridized carbons (Fsp3) is 0.136. The Kier molecular flexibility index (Phi) is 4.21. The minimum absolute atomic E-state index is 0.0168. The summed E-state index contributed by atoms with van der Waals surface area (Å²) in [6.45, 7) is 1.91. The van der Waals surface area contributed by atoms with Crippen LogP contribution in [0.5, 0.6) is 0 Å². The molecule has 2 aromatic carbocycles. The zero-order chi connectivity index (χ0) is 19.8. The van der Waals surface area contributed by atoms with E-state index >= 15 is 0 Å². The SMILES string of the molecule is Cc1ccc(C(=O)[C@@H]2C(C#N)=C(N)O[C@@H]2c2coc3ccccc3c2=O)cc1. The monoisotopic (exact) mass is 372 g/mol. The van der Waals surface area contributed by atoms with E-state index in [1.54, 1.807) is 36.4 Å². The molecule has 1 aliphatic rings. The van der Waals surface area contributed by atoms with Crippen molar-refractivity contribution < 1.29 is 13.9 Å². The second-order valence-corrected chi connectivity index (χ2v) is 6.65. The molecule has 0 unspecified atom stereocenters. The number of nitriles is 1. The number of aryl methyl sites for hydroxylation is 1. The molecule has 1 aromatic heterocycles. The van der Waals surface area contributed by atoms with Gasteiger partial charge in [0.2, 0.25) is 0 Å². The summed E-state index contributed by atoms with van der Waals surface area (Å²) in [7, 11) is 0. The maximum absolute atomic E-state index is 13.2. The Balaban J connectivity index is 1.84. The smallest absolute Gasteiger partial charge is 0.199 e. The van der Waals surface area contributed by atoms with Gasteiger partial charge in [0.1, 0.15) is 35.5 Å². The molecule has 0 spiro atoms. The third-order valence-corrected chi connectivity index (χ3v) is 4.89. The van der Waals surface area contributed by atoms with Gasteiger partial charge in [0.15, 0.2) is 17.1 Å². The highest BCUT2D eigenvalue weighted by molar-refractivity contribution is 6.01. The van der Waals surface area contributed by atoms with Crippen molar-refractivity contribution in [2.75, 3.05) is 0 Å². The van der Waals surface area contributed by atoms with Crippen molar-refractivity contribution in [1.82, 2.24) is 0 Å². The largest absolute Gasteiger partial charge is 0.469 e. The van der Waals surface area contributed by atoms with Crippen LogP contribution in [-0.4, -0.2) is 5.78 Å². The number of para-hydroxylation sites is 1.